The predicted molar refractivity (Wildman–Crippen MR) is 85.9 cm³/mol. The van der Waals surface area contributed by atoms with Crippen molar-refractivity contribution in [2.75, 3.05) is 26.2 Å². The molecule has 0 radical (unpaired) electrons. The minimum atomic E-state index is 0.237. The quantitative estimate of drug-likeness (QED) is 0.846. The Hall–Kier alpha value is -2.05. The molecule has 6 heteroatoms. The van der Waals surface area contributed by atoms with Crippen LogP contribution in [0.15, 0.2) is 43.1 Å². The van der Waals surface area contributed by atoms with Crippen LogP contribution in [0.3, 0.4) is 0 Å². The monoisotopic (exact) mass is 311 g/mol. The van der Waals surface area contributed by atoms with Crippen molar-refractivity contribution in [2.24, 2.45) is 0 Å². The van der Waals surface area contributed by atoms with E-state index in [9.17, 15) is 0 Å². The molecular weight excluding hydrogens is 290 g/mol. The molecule has 2 aliphatic heterocycles. The highest BCUT2D eigenvalue weighted by molar-refractivity contribution is 5.11. The van der Waals surface area contributed by atoms with Gasteiger partial charge in [0.2, 0.25) is 0 Å². The maximum absolute atomic E-state index is 6.02. The molecule has 120 valence electrons. The Bertz CT molecular complexity index is 584. The third kappa shape index (κ3) is 3.48. The van der Waals surface area contributed by atoms with Crippen molar-refractivity contribution < 1.29 is 4.74 Å². The summed E-state index contributed by atoms with van der Waals surface area (Å²) in [7, 11) is 0. The van der Waals surface area contributed by atoms with E-state index in [-0.39, 0.29) is 6.10 Å². The number of hydrogen-bond acceptors (Lipinski definition) is 6. The van der Waals surface area contributed by atoms with E-state index in [0.717, 1.165) is 50.6 Å². The second kappa shape index (κ2) is 6.60. The van der Waals surface area contributed by atoms with Gasteiger partial charge in [0.1, 0.15) is 12.4 Å². The molecule has 4 heterocycles. The Morgan fingerprint density at radius 2 is 2.04 bits per heavy atom. The summed E-state index contributed by atoms with van der Waals surface area (Å²) in [6, 6.07) is 6.69. The van der Waals surface area contributed by atoms with E-state index in [1.165, 1.54) is 6.33 Å². The molecule has 0 N–H and O–H groups in total. The van der Waals surface area contributed by atoms with Crippen molar-refractivity contribution in [1.29, 1.82) is 0 Å². The molecule has 2 atom stereocenters. The Labute approximate surface area is 136 Å². The van der Waals surface area contributed by atoms with E-state index in [2.05, 4.69) is 36.9 Å². The summed E-state index contributed by atoms with van der Waals surface area (Å²) in [6.45, 7) is 5.21. The summed E-state index contributed by atoms with van der Waals surface area (Å²) in [5.74, 6) is 0.766. The zero-order valence-electron chi connectivity index (χ0n) is 13.1. The fourth-order valence-electron chi connectivity index (χ4n) is 3.55. The highest BCUT2D eigenvalue weighted by Gasteiger charge is 2.37. The lowest BCUT2D eigenvalue weighted by molar-refractivity contribution is 0.0969. The summed E-state index contributed by atoms with van der Waals surface area (Å²) in [4.78, 5) is 17.5. The van der Waals surface area contributed by atoms with Gasteiger partial charge in [-0.1, -0.05) is 6.07 Å². The maximum Gasteiger partial charge on any atom is 0.156 e. The maximum atomic E-state index is 6.02. The van der Waals surface area contributed by atoms with Crippen LogP contribution in [-0.2, 0) is 6.54 Å². The van der Waals surface area contributed by atoms with Crippen LogP contribution in [0.25, 0.3) is 0 Å². The van der Waals surface area contributed by atoms with Gasteiger partial charge in [-0.2, -0.15) is 0 Å². The first-order valence-corrected chi connectivity index (χ1v) is 8.15. The summed E-state index contributed by atoms with van der Waals surface area (Å²) in [5.41, 5.74) is 1.15. The molecule has 2 aromatic rings. The lowest BCUT2D eigenvalue weighted by atomic mass is 10.1. The number of ether oxygens (including phenoxy) is 1. The van der Waals surface area contributed by atoms with E-state index in [1.54, 1.807) is 12.4 Å². The van der Waals surface area contributed by atoms with Gasteiger partial charge in [0, 0.05) is 51.4 Å². The average Bonchev–Trinajstić information content (AvgIpc) is 2.98. The second-order valence-corrected chi connectivity index (χ2v) is 6.25. The van der Waals surface area contributed by atoms with Crippen LogP contribution in [0.1, 0.15) is 12.1 Å². The molecule has 0 aromatic carbocycles. The molecule has 0 unspecified atom stereocenters. The molecule has 2 saturated heterocycles. The Balaban J connectivity index is 1.33. The highest BCUT2D eigenvalue weighted by Crippen LogP contribution is 2.25. The van der Waals surface area contributed by atoms with Crippen molar-refractivity contribution in [1.82, 2.24) is 24.8 Å². The smallest absolute Gasteiger partial charge is 0.156 e. The number of fused-ring (bicyclic) bond motifs is 1. The lowest BCUT2D eigenvalue weighted by Gasteiger charge is -2.36. The van der Waals surface area contributed by atoms with Gasteiger partial charge in [0.15, 0.2) is 5.75 Å². The van der Waals surface area contributed by atoms with E-state index in [1.807, 2.05) is 12.3 Å². The fourth-order valence-corrected chi connectivity index (χ4v) is 3.55. The number of nitrogens with zero attached hydrogens (tertiary/aromatic N) is 5. The minimum Gasteiger partial charge on any atom is -0.486 e. The summed E-state index contributed by atoms with van der Waals surface area (Å²) in [6.07, 6.45) is 8.16. The van der Waals surface area contributed by atoms with Gasteiger partial charge >= 0.3 is 0 Å². The van der Waals surface area contributed by atoms with E-state index in [0.29, 0.717) is 6.04 Å². The number of hydrogen-bond donors (Lipinski definition) is 0. The first-order chi connectivity index (χ1) is 11.4. The fraction of sp³-hybridized carbons (Fsp3) is 0.471. The third-order valence-electron chi connectivity index (χ3n) is 4.61. The molecule has 0 aliphatic carbocycles. The number of piperazine rings is 1. The lowest BCUT2D eigenvalue weighted by Crippen LogP contribution is -2.49. The first kappa shape index (κ1) is 14.5. The molecule has 0 bridgehead atoms. The Morgan fingerprint density at radius 3 is 2.87 bits per heavy atom. The van der Waals surface area contributed by atoms with E-state index >= 15 is 0 Å². The summed E-state index contributed by atoms with van der Waals surface area (Å²) < 4.78 is 6.02. The van der Waals surface area contributed by atoms with Crippen molar-refractivity contribution in [3.05, 3.63) is 48.8 Å². The first-order valence-electron chi connectivity index (χ1n) is 8.15. The van der Waals surface area contributed by atoms with Gasteiger partial charge in [-0.3, -0.25) is 14.8 Å². The molecule has 0 saturated carbocycles. The van der Waals surface area contributed by atoms with Crippen LogP contribution in [0, 0.1) is 0 Å². The second-order valence-electron chi connectivity index (χ2n) is 6.25. The zero-order chi connectivity index (χ0) is 15.5. The topological polar surface area (TPSA) is 54.4 Å². The van der Waals surface area contributed by atoms with Gasteiger partial charge in [0.25, 0.3) is 0 Å². The van der Waals surface area contributed by atoms with Crippen LogP contribution in [0.2, 0.25) is 0 Å². The summed E-state index contributed by atoms with van der Waals surface area (Å²) in [5, 5.41) is 0. The SMILES string of the molecule is c1ccc(CN2CCN3C[C@H](Oc4cncnc4)C[C@H]3C2)nc1. The predicted octanol–water partition coefficient (Wildman–Crippen LogP) is 1.21. The Morgan fingerprint density at radius 1 is 1.13 bits per heavy atom. The van der Waals surface area contributed by atoms with Crippen LogP contribution >= 0.6 is 0 Å². The third-order valence-corrected chi connectivity index (χ3v) is 4.61. The van der Waals surface area contributed by atoms with Gasteiger partial charge < -0.3 is 4.74 Å². The summed E-state index contributed by atoms with van der Waals surface area (Å²) >= 11 is 0. The number of rotatable bonds is 4. The number of aromatic nitrogens is 3. The van der Waals surface area contributed by atoms with Gasteiger partial charge in [0.05, 0.1) is 18.1 Å². The highest BCUT2D eigenvalue weighted by atomic mass is 16.5. The molecule has 23 heavy (non-hydrogen) atoms. The molecule has 2 aromatic heterocycles. The molecule has 6 nitrogen and oxygen atoms in total. The van der Waals surface area contributed by atoms with E-state index < -0.39 is 0 Å². The normalized spacial score (nSPS) is 25.2. The van der Waals surface area contributed by atoms with Crippen molar-refractivity contribution in [3.8, 4) is 5.75 Å². The van der Waals surface area contributed by atoms with Gasteiger partial charge in [-0.15, -0.1) is 0 Å². The minimum absolute atomic E-state index is 0.237. The molecule has 4 rings (SSSR count). The standard InChI is InChI=1S/C17H21N5O/c1-2-4-20-14(3-1)10-21-5-6-22-12-16(7-15(22)11-21)23-17-8-18-13-19-9-17/h1-4,8-9,13,15-16H,5-7,10-12H2/t15-,16+/m0/s1. The van der Waals surface area contributed by atoms with Crippen LogP contribution in [0.4, 0.5) is 0 Å². The molecule has 0 amide bonds. The van der Waals surface area contributed by atoms with Crippen LogP contribution < -0.4 is 4.74 Å². The Kier molecular flexibility index (Phi) is 4.17. The van der Waals surface area contributed by atoms with Crippen molar-refractivity contribution in [2.45, 2.75) is 25.1 Å². The van der Waals surface area contributed by atoms with Crippen molar-refractivity contribution >= 4 is 0 Å². The van der Waals surface area contributed by atoms with Crippen molar-refractivity contribution in [3.63, 3.8) is 0 Å². The molecule has 2 fully saturated rings. The van der Waals surface area contributed by atoms with Crippen LogP contribution in [-0.4, -0.2) is 63.1 Å². The van der Waals surface area contributed by atoms with E-state index in [4.69, 9.17) is 4.74 Å². The molecule has 2 aliphatic rings. The molecule has 0 spiro atoms. The van der Waals surface area contributed by atoms with Crippen LogP contribution in [0.5, 0.6) is 5.75 Å². The number of pyridine rings is 1. The average molecular weight is 311 g/mol. The van der Waals surface area contributed by atoms with Gasteiger partial charge in [-0.25, -0.2) is 9.97 Å². The van der Waals surface area contributed by atoms with Gasteiger partial charge in [-0.05, 0) is 12.1 Å². The molecular formula is C17H21N5O. The zero-order valence-corrected chi connectivity index (χ0v) is 13.1. The largest absolute Gasteiger partial charge is 0.486 e.